The molecule has 1 aliphatic rings. The van der Waals surface area contributed by atoms with Gasteiger partial charge in [0.15, 0.2) is 6.29 Å². The van der Waals surface area contributed by atoms with Crippen LogP contribution in [-0.4, -0.2) is 40.7 Å². The number of carboxylic acids is 1. The van der Waals surface area contributed by atoms with E-state index in [2.05, 4.69) is 5.32 Å². The Bertz CT molecular complexity index is 236. The zero-order valence-corrected chi connectivity index (χ0v) is 9.36. The molecule has 5 heteroatoms. The zero-order valence-electron chi connectivity index (χ0n) is 9.36. The van der Waals surface area contributed by atoms with E-state index >= 15 is 0 Å². The number of nitrogens with one attached hydrogen (secondary N) is 1. The smallest absolute Gasteiger partial charge is 0.308 e. The fraction of sp³-hybridized carbons (Fsp3) is 0.900. The standard InChI is InChI=1S/C10H19NO4/c1-10(2,3)15-9(14)7-6(8(12)13)4-5-11-7/h6-7,9,11,14H,4-5H2,1-3H3,(H,12,13)/t6-,7-,9?/m0/s1. The highest BCUT2D eigenvalue weighted by molar-refractivity contribution is 5.71. The van der Waals surface area contributed by atoms with Crippen molar-refractivity contribution < 1.29 is 19.7 Å². The fourth-order valence-corrected chi connectivity index (χ4v) is 1.74. The first-order valence-corrected chi connectivity index (χ1v) is 5.13. The highest BCUT2D eigenvalue weighted by Crippen LogP contribution is 2.22. The minimum atomic E-state index is -1.08. The van der Waals surface area contributed by atoms with Gasteiger partial charge < -0.3 is 20.3 Å². The van der Waals surface area contributed by atoms with E-state index in [0.717, 1.165) is 0 Å². The molecule has 1 rings (SSSR count). The topological polar surface area (TPSA) is 78.8 Å². The summed E-state index contributed by atoms with van der Waals surface area (Å²) in [6.45, 7) is 6.06. The molecule has 1 unspecified atom stereocenters. The molecule has 0 saturated carbocycles. The van der Waals surface area contributed by atoms with Gasteiger partial charge in [-0.1, -0.05) is 0 Å². The van der Waals surface area contributed by atoms with Crippen LogP contribution in [0.2, 0.25) is 0 Å². The van der Waals surface area contributed by atoms with Crippen LogP contribution >= 0.6 is 0 Å². The van der Waals surface area contributed by atoms with Gasteiger partial charge in [-0.05, 0) is 33.7 Å². The SMILES string of the molecule is CC(C)(C)OC(O)[C@H]1NCC[C@@H]1C(=O)O. The van der Waals surface area contributed by atoms with Crippen molar-refractivity contribution in [2.24, 2.45) is 5.92 Å². The van der Waals surface area contributed by atoms with E-state index < -0.39 is 29.8 Å². The molecule has 0 aromatic heterocycles. The second-order valence-electron chi connectivity index (χ2n) is 4.83. The molecule has 0 aliphatic carbocycles. The summed E-state index contributed by atoms with van der Waals surface area (Å²) in [5, 5.41) is 21.6. The van der Waals surface area contributed by atoms with E-state index in [1.807, 2.05) is 20.8 Å². The third-order valence-corrected chi connectivity index (χ3v) is 2.37. The number of aliphatic carboxylic acids is 1. The van der Waals surface area contributed by atoms with E-state index in [4.69, 9.17) is 9.84 Å². The molecule has 0 bridgehead atoms. The first-order chi connectivity index (χ1) is 6.81. The number of hydrogen-bond donors (Lipinski definition) is 3. The molecule has 0 aromatic carbocycles. The summed E-state index contributed by atoms with van der Waals surface area (Å²) in [4.78, 5) is 10.9. The lowest BCUT2D eigenvalue weighted by molar-refractivity contribution is -0.187. The molecule has 1 aliphatic heterocycles. The summed E-state index contributed by atoms with van der Waals surface area (Å²) >= 11 is 0. The largest absolute Gasteiger partial charge is 0.481 e. The van der Waals surface area contributed by atoms with Crippen molar-refractivity contribution >= 4 is 5.97 Å². The summed E-state index contributed by atoms with van der Waals surface area (Å²) < 4.78 is 5.33. The maximum Gasteiger partial charge on any atom is 0.308 e. The van der Waals surface area contributed by atoms with Crippen LogP contribution in [-0.2, 0) is 9.53 Å². The third-order valence-electron chi connectivity index (χ3n) is 2.37. The Balaban J connectivity index is 2.58. The average molecular weight is 217 g/mol. The van der Waals surface area contributed by atoms with Gasteiger partial charge in [0, 0.05) is 0 Å². The van der Waals surface area contributed by atoms with Gasteiger partial charge >= 0.3 is 5.97 Å². The van der Waals surface area contributed by atoms with Crippen LogP contribution in [0.3, 0.4) is 0 Å². The van der Waals surface area contributed by atoms with Crippen LogP contribution in [0.25, 0.3) is 0 Å². The molecule has 3 N–H and O–H groups in total. The van der Waals surface area contributed by atoms with E-state index in [-0.39, 0.29) is 0 Å². The average Bonchev–Trinajstić information content (AvgIpc) is 2.47. The summed E-state index contributed by atoms with van der Waals surface area (Å²) in [6, 6.07) is -0.512. The van der Waals surface area contributed by atoms with Crippen LogP contribution in [0.15, 0.2) is 0 Å². The molecule has 1 saturated heterocycles. The Hall–Kier alpha value is -0.650. The molecule has 15 heavy (non-hydrogen) atoms. The van der Waals surface area contributed by atoms with Gasteiger partial charge in [0.2, 0.25) is 0 Å². The van der Waals surface area contributed by atoms with Gasteiger partial charge in [0.05, 0.1) is 17.6 Å². The maximum absolute atomic E-state index is 10.9. The third kappa shape index (κ3) is 3.44. The number of hydrogen-bond acceptors (Lipinski definition) is 4. The summed E-state index contributed by atoms with van der Waals surface area (Å²) in [6.07, 6.45) is -0.543. The number of carboxylic acid groups (broad SMARTS) is 1. The lowest BCUT2D eigenvalue weighted by Gasteiger charge is -2.29. The predicted octanol–water partition coefficient (Wildman–Crippen LogP) is 0.183. The molecule has 1 fully saturated rings. The van der Waals surface area contributed by atoms with Crippen molar-refractivity contribution in [3.8, 4) is 0 Å². The van der Waals surface area contributed by atoms with E-state index in [1.54, 1.807) is 0 Å². The van der Waals surface area contributed by atoms with E-state index in [9.17, 15) is 9.90 Å². The molecule has 0 amide bonds. The Morgan fingerprint density at radius 1 is 1.53 bits per heavy atom. The lowest BCUT2D eigenvalue weighted by Crippen LogP contribution is -2.46. The molecular weight excluding hydrogens is 198 g/mol. The first-order valence-electron chi connectivity index (χ1n) is 5.13. The second-order valence-corrected chi connectivity index (χ2v) is 4.83. The van der Waals surface area contributed by atoms with Gasteiger partial charge in [0.1, 0.15) is 0 Å². The minimum Gasteiger partial charge on any atom is -0.481 e. The van der Waals surface area contributed by atoms with Gasteiger partial charge in [-0.2, -0.15) is 0 Å². The number of ether oxygens (including phenoxy) is 1. The van der Waals surface area contributed by atoms with Crippen LogP contribution in [0.4, 0.5) is 0 Å². The van der Waals surface area contributed by atoms with Crippen LogP contribution in [0, 0.1) is 5.92 Å². The molecule has 0 radical (unpaired) electrons. The van der Waals surface area contributed by atoms with Crippen molar-refractivity contribution in [3.63, 3.8) is 0 Å². The van der Waals surface area contributed by atoms with Crippen molar-refractivity contribution in [2.45, 2.75) is 45.1 Å². The van der Waals surface area contributed by atoms with Crippen molar-refractivity contribution in [3.05, 3.63) is 0 Å². The summed E-state index contributed by atoms with van der Waals surface area (Å²) in [5.74, 6) is -1.45. The Morgan fingerprint density at radius 2 is 2.13 bits per heavy atom. The molecule has 3 atom stereocenters. The van der Waals surface area contributed by atoms with Crippen molar-refractivity contribution in [2.75, 3.05) is 6.54 Å². The normalized spacial score (nSPS) is 29.1. The van der Waals surface area contributed by atoms with E-state index in [1.165, 1.54) is 0 Å². The highest BCUT2D eigenvalue weighted by Gasteiger charge is 2.39. The number of carbonyl (C=O) groups is 1. The van der Waals surface area contributed by atoms with Gasteiger partial charge in [-0.15, -0.1) is 0 Å². The van der Waals surface area contributed by atoms with Crippen LogP contribution in [0.5, 0.6) is 0 Å². The van der Waals surface area contributed by atoms with Crippen molar-refractivity contribution in [1.82, 2.24) is 5.32 Å². The summed E-state index contributed by atoms with van der Waals surface area (Å²) in [5.41, 5.74) is -0.479. The molecule has 5 nitrogen and oxygen atoms in total. The molecular formula is C10H19NO4. The minimum absolute atomic E-state index is 0.479. The van der Waals surface area contributed by atoms with Gasteiger partial charge in [-0.25, -0.2) is 0 Å². The number of rotatable bonds is 3. The van der Waals surface area contributed by atoms with Crippen molar-refractivity contribution in [1.29, 1.82) is 0 Å². The Kier molecular flexibility index (Phi) is 3.70. The fourth-order valence-electron chi connectivity index (χ4n) is 1.74. The molecule has 88 valence electrons. The Labute approximate surface area is 89.4 Å². The molecule has 1 heterocycles. The quantitative estimate of drug-likeness (QED) is 0.588. The number of aliphatic hydroxyl groups is 1. The maximum atomic E-state index is 10.9. The van der Waals surface area contributed by atoms with Gasteiger partial charge in [0.25, 0.3) is 0 Å². The highest BCUT2D eigenvalue weighted by atomic mass is 16.6. The monoisotopic (exact) mass is 217 g/mol. The predicted molar refractivity (Wildman–Crippen MR) is 54.4 cm³/mol. The lowest BCUT2D eigenvalue weighted by atomic mass is 10.0. The van der Waals surface area contributed by atoms with Crippen LogP contribution in [0.1, 0.15) is 27.2 Å². The van der Waals surface area contributed by atoms with Crippen LogP contribution < -0.4 is 5.32 Å². The first kappa shape index (κ1) is 12.4. The zero-order chi connectivity index (χ0) is 11.6. The Morgan fingerprint density at radius 3 is 2.60 bits per heavy atom. The summed E-state index contributed by atoms with van der Waals surface area (Å²) in [7, 11) is 0. The molecule has 0 aromatic rings. The van der Waals surface area contributed by atoms with E-state index in [0.29, 0.717) is 13.0 Å². The van der Waals surface area contributed by atoms with Gasteiger partial charge in [-0.3, -0.25) is 4.79 Å². The molecule has 0 spiro atoms. The number of aliphatic hydroxyl groups excluding tert-OH is 1. The second kappa shape index (κ2) is 4.47.